The van der Waals surface area contributed by atoms with E-state index in [1.54, 1.807) is 0 Å². The minimum atomic E-state index is -1.32. The van der Waals surface area contributed by atoms with Gasteiger partial charge in [-0.2, -0.15) is 0 Å². The normalized spacial score (nSPS) is 25.3. The fourth-order valence-corrected chi connectivity index (χ4v) is 2.13. The van der Waals surface area contributed by atoms with Crippen molar-refractivity contribution in [2.75, 3.05) is 13.7 Å². The van der Waals surface area contributed by atoms with E-state index in [-0.39, 0.29) is 6.04 Å². The quantitative estimate of drug-likeness (QED) is 0.538. The van der Waals surface area contributed by atoms with E-state index >= 15 is 0 Å². The van der Waals surface area contributed by atoms with Crippen molar-refractivity contribution < 1.29 is 24.9 Å². The maximum atomic E-state index is 11.8. The number of aliphatic carboxylic acids is 1. The average Bonchev–Trinajstić information content (AvgIpc) is 2.35. The molecule has 0 aliphatic heterocycles. The molecule has 104 valence electrons. The molecular formula is C11H20N2O5. The minimum Gasteiger partial charge on any atom is -0.480 e. The van der Waals surface area contributed by atoms with E-state index in [2.05, 4.69) is 5.32 Å². The molecule has 1 saturated carbocycles. The van der Waals surface area contributed by atoms with Crippen LogP contribution in [-0.4, -0.2) is 64.1 Å². The number of hydrogen-bond acceptors (Lipinski definition) is 4. The molecule has 1 fully saturated rings. The second-order valence-corrected chi connectivity index (χ2v) is 4.55. The zero-order valence-corrected chi connectivity index (χ0v) is 10.4. The van der Waals surface area contributed by atoms with Gasteiger partial charge in [0.15, 0.2) is 6.04 Å². The molecule has 1 rings (SSSR count). The molecule has 0 heterocycles. The van der Waals surface area contributed by atoms with Crippen LogP contribution < -0.4 is 5.32 Å². The molecule has 0 aromatic carbocycles. The molecular weight excluding hydrogens is 240 g/mol. The Morgan fingerprint density at radius 3 is 2.50 bits per heavy atom. The maximum Gasteiger partial charge on any atom is 0.328 e. The first kappa shape index (κ1) is 14.7. The van der Waals surface area contributed by atoms with Gasteiger partial charge in [-0.1, -0.05) is 12.8 Å². The van der Waals surface area contributed by atoms with Gasteiger partial charge in [-0.3, -0.25) is 0 Å². The molecule has 0 radical (unpaired) electrons. The fraction of sp³-hybridized carbons (Fsp3) is 0.818. The van der Waals surface area contributed by atoms with Crippen LogP contribution in [0, 0.1) is 0 Å². The van der Waals surface area contributed by atoms with E-state index in [1.807, 2.05) is 0 Å². The predicted octanol–water partition coefficient (Wildman–Crippen LogP) is -0.623. The highest BCUT2D eigenvalue weighted by Gasteiger charge is 2.31. The Labute approximate surface area is 105 Å². The van der Waals surface area contributed by atoms with Crippen LogP contribution >= 0.6 is 0 Å². The van der Waals surface area contributed by atoms with Crippen molar-refractivity contribution in [3.05, 3.63) is 0 Å². The van der Waals surface area contributed by atoms with Crippen molar-refractivity contribution in [2.24, 2.45) is 0 Å². The summed E-state index contributed by atoms with van der Waals surface area (Å²) in [6, 6.07) is -2.21. The molecule has 2 amide bonds. The van der Waals surface area contributed by atoms with Gasteiger partial charge in [-0.25, -0.2) is 9.59 Å². The minimum absolute atomic E-state index is 0.299. The molecule has 3 atom stereocenters. The van der Waals surface area contributed by atoms with E-state index in [4.69, 9.17) is 10.2 Å². The Balaban J connectivity index is 2.57. The van der Waals surface area contributed by atoms with Gasteiger partial charge in [0.2, 0.25) is 0 Å². The lowest BCUT2D eigenvalue weighted by Gasteiger charge is -2.35. The Kier molecular flexibility index (Phi) is 5.36. The van der Waals surface area contributed by atoms with E-state index in [0.29, 0.717) is 12.8 Å². The second-order valence-electron chi connectivity index (χ2n) is 4.55. The summed E-state index contributed by atoms with van der Waals surface area (Å²) in [4.78, 5) is 23.8. The number of carbonyl (C=O) groups is 2. The fourth-order valence-electron chi connectivity index (χ4n) is 2.13. The summed E-state index contributed by atoms with van der Waals surface area (Å²) in [6.07, 6.45) is 2.63. The molecule has 0 spiro atoms. The average molecular weight is 260 g/mol. The van der Waals surface area contributed by atoms with Crippen molar-refractivity contribution in [3.63, 3.8) is 0 Å². The Morgan fingerprint density at radius 2 is 2.00 bits per heavy atom. The third-order valence-electron chi connectivity index (χ3n) is 3.29. The monoisotopic (exact) mass is 260 g/mol. The van der Waals surface area contributed by atoms with E-state index in [1.165, 1.54) is 11.9 Å². The summed E-state index contributed by atoms with van der Waals surface area (Å²) in [5.41, 5.74) is 0. The molecule has 7 nitrogen and oxygen atoms in total. The molecule has 1 aliphatic carbocycles. The third-order valence-corrected chi connectivity index (χ3v) is 3.29. The van der Waals surface area contributed by atoms with Gasteiger partial charge in [-0.05, 0) is 12.8 Å². The molecule has 0 aromatic rings. The lowest BCUT2D eigenvalue weighted by Crippen LogP contribution is -2.54. The standard InChI is InChI=1S/C11H20N2O5/c1-13(8-4-2-3-5-9(8)15)11(18)12-7(6-14)10(16)17/h7-9,14-15H,2-6H2,1H3,(H,12,18)(H,16,17). The summed E-state index contributed by atoms with van der Waals surface area (Å²) in [5, 5.41) is 29.6. The molecule has 0 bridgehead atoms. The summed E-state index contributed by atoms with van der Waals surface area (Å²) >= 11 is 0. The number of hydrogen-bond donors (Lipinski definition) is 4. The van der Waals surface area contributed by atoms with Crippen LogP contribution in [0.15, 0.2) is 0 Å². The molecule has 4 N–H and O–H groups in total. The number of likely N-dealkylation sites (N-methyl/N-ethyl adjacent to an activating group) is 1. The Bertz CT molecular complexity index is 310. The topological polar surface area (TPSA) is 110 Å². The van der Waals surface area contributed by atoms with Gasteiger partial charge in [-0.15, -0.1) is 0 Å². The first-order valence-corrected chi connectivity index (χ1v) is 6.02. The number of urea groups is 1. The van der Waals surface area contributed by atoms with Crippen LogP contribution in [0.4, 0.5) is 4.79 Å². The van der Waals surface area contributed by atoms with Gasteiger partial charge in [0, 0.05) is 7.05 Å². The number of nitrogens with zero attached hydrogens (tertiary/aromatic N) is 1. The maximum absolute atomic E-state index is 11.8. The van der Waals surface area contributed by atoms with Crippen molar-refractivity contribution in [2.45, 2.75) is 43.9 Å². The number of carboxylic acids is 1. The molecule has 0 saturated heterocycles. The number of amides is 2. The zero-order chi connectivity index (χ0) is 13.7. The van der Waals surface area contributed by atoms with Crippen molar-refractivity contribution in [3.8, 4) is 0 Å². The molecule has 18 heavy (non-hydrogen) atoms. The Morgan fingerprint density at radius 1 is 1.39 bits per heavy atom. The zero-order valence-electron chi connectivity index (χ0n) is 10.4. The van der Waals surface area contributed by atoms with Crippen LogP contribution in [0.1, 0.15) is 25.7 Å². The number of aliphatic hydroxyl groups is 2. The van der Waals surface area contributed by atoms with Crippen LogP contribution in [0.2, 0.25) is 0 Å². The molecule has 1 aliphatic rings. The van der Waals surface area contributed by atoms with Crippen LogP contribution in [0.25, 0.3) is 0 Å². The number of aliphatic hydroxyl groups excluding tert-OH is 2. The lowest BCUT2D eigenvalue weighted by molar-refractivity contribution is -0.140. The smallest absolute Gasteiger partial charge is 0.328 e. The molecule has 0 aromatic heterocycles. The molecule has 3 unspecified atom stereocenters. The predicted molar refractivity (Wildman–Crippen MR) is 63.1 cm³/mol. The van der Waals surface area contributed by atoms with Gasteiger partial charge in [0.25, 0.3) is 0 Å². The lowest BCUT2D eigenvalue weighted by atomic mass is 9.92. The second kappa shape index (κ2) is 6.55. The number of nitrogens with one attached hydrogen (secondary N) is 1. The van der Waals surface area contributed by atoms with Crippen molar-refractivity contribution in [1.82, 2.24) is 10.2 Å². The highest BCUT2D eigenvalue weighted by atomic mass is 16.4. The van der Waals surface area contributed by atoms with Crippen molar-refractivity contribution >= 4 is 12.0 Å². The number of carbonyl (C=O) groups excluding carboxylic acids is 1. The van der Waals surface area contributed by atoms with Crippen LogP contribution in [0.3, 0.4) is 0 Å². The summed E-state index contributed by atoms with van der Waals surface area (Å²) in [6.45, 7) is -0.665. The van der Waals surface area contributed by atoms with Gasteiger partial charge in [0.1, 0.15) is 0 Å². The first-order chi connectivity index (χ1) is 8.47. The van der Waals surface area contributed by atoms with Crippen LogP contribution in [0.5, 0.6) is 0 Å². The number of carboxylic acid groups (broad SMARTS) is 1. The highest BCUT2D eigenvalue weighted by Crippen LogP contribution is 2.22. The highest BCUT2D eigenvalue weighted by molar-refractivity contribution is 5.82. The van der Waals surface area contributed by atoms with E-state index in [0.717, 1.165) is 12.8 Å². The third kappa shape index (κ3) is 3.58. The first-order valence-electron chi connectivity index (χ1n) is 6.02. The summed E-state index contributed by atoms with van der Waals surface area (Å²) in [7, 11) is 1.52. The van der Waals surface area contributed by atoms with Gasteiger partial charge >= 0.3 is 12.0 Å². The number of rotatable bonds is 4. The van der Waals surface area contributed by atoms with E-state index < -0.39 is 30.8 Å². The Hall–Kier alpha value is -1.34. The van der Waals surface area contributed by atoms with Crippen molar-refractivity contribution in [1.29, 1.82) is 0 Å². The largest absolute Gasteiger partial charge is 0.480 e. The molecule has 7 heteroatoms. The van der Waals surface area contributed by atoms with Gasteiger partial charge < -0.3 is 25.5 Å². The van der Waals surface area contributed by atoms with Gasteiger partial charge in [0.05, 0.1) is 18.8 Å². The SMILES string of the molecule is CN(C(=O)NC(CO)C(=O)O)C1CCCCC1O. The summed E-state index contributed by atoms with van der Waals surface area (Å²) in [5.74, 6) is -1.29. The van der Waals surface area contributed by atoms with E-state index in [9.17, 15) is 14.7 Å². The summed E-state index contributed by atoms with van der Waals surface area (Å²) < 4.78 is 0. The van der Waals surface area contributed by atoms with Crippen LogP contribution in [-0.2, 0) is 4.79 Å².